The van der Waals surface area contributed by atoms with E-state index in [-0.39, 0.29) is 5.82 Å². The lowest BCUT2D eigenvalue weighted by Gasteiger charge is -2.25. The molecule has 2 N–H and O–H groups in total. The highest BCUT2D eigenvalue weighted by Crippen LogP contribution is 2.24. The predicted molar refractivity (Wildman–Crippen MR) is 128 cm³/mol. The Balaban J connectivity index is 1.56. The second-order valence-corrected chi connectivity index (χ2v) is 8.36. The molecule has 160 valence electrons. The molecule has 2 aromatic carbocycles. The van der Waals surface area contributed by atoms with Crippen LogP contribution in [0.5, 0.6) is 0 Å². The number of rotatable bonds is 6. The molecule has 0 fully saturated rings. The van der Waals surface area contributed by atoms with Crippen LogP contribution in [0, 0.1) is 26.6 Å². The minimum atomic E-state index is -0.229. The fourth-order valence-electron chi connectivity index (χ4n) is 4.02. The van der Waals surface area contributed by atoms with Crippen LogP contribution in [0.1, 0.15) is 28.1 Å². The molecule has 6 heteroatoms. The van der Waals surface area contributed by atoms with Gasteiger partial charge in [0, 0.05) is 28.8 Å². The largest absolute Gasteiger partial charge is 0.467 e. The van der Waals surface area contributed by atoms with Crippen molar-refractivity contribution < 1.29 is 8.81 Å². The molecule has 2 heterocycles. The first-order valence-electron chi connectivity index (χ1n) is 10.3. The third-order valence-electron chi connectivity index (χ3n) is 5.40. The quantitative estimate of drug-likeness (QED) is 0.351. The number of nitrogens with one attached hydrogen (secondary N) is 2. The number of hydrogen-bond donors (Lipinski definition) is 2. The number of hydrogen-bond acceptors (Lipinski definition) is 2. The molecular formula is C25H26FN3OS. The predicted octanol–water partition coefficient (Wildman–Crippen LogP) is 6.27. The van der Waals surface area contributed by atoms with Crippen molar-refractivity contribution in [2.24, 2.45) is 0 Å². The number of thiocarbonyl (C=S) groups is 1. The lowest BCUT2D eigenvalue weighted by Crippen LogP contribution is -2.35. The summed E-state index contributed by atoms with van der Waals surface area (Å²) in [5, 5.41) is 4.92. The molecule has 31 heavy (non-hydrogen) atoms. The zero-order valence-electron chi connectivity index (χ0n) is 18.0. The number of aryl methyl sites for hydroxylation is 3. The van der Waals surface area contributed by atoms with E-state index >= 15 is 0 Å². The lowest BCUT2D eigenvalue weighted by atomic mass is 10.1. The van der Waals surface area contributed by atoms with E-state index in [4.69, 9.17) is 16.6 Å². The van der Waals surface area contributed by atoms with Gasteiger partial charge in [-0.05, 0) is 98.6 Å². The summed E-state index contributed by atoms with van der Waals surface area (Å²) < 4.78 is 19.4. The normalized spacial score (nSPS) is 11.1. The van der Waals surface area contributed by atoms with Crippen LogP contribution in [0.25, 0.3) is 10.9 Å². The summed E-state index contributed by atoms with van der Waals surface area (Å²) in [6.45, 7) is 7.39. The van der Waals surface area contributed by atoms with Gasteiger partial charge in [-0.2, -0.15) is 0 Å². The Morgan fingerprint density at radius 1 is 1.10 bits per heavy atom. The summed E-state index contributed by atoms with van der Waals surface area (Å²) >= 11 is 5.77. The van der Waals surface area contributed by atoms with Crippen LogP contribution in [0.2, 0.25) is 0 Å². The zero-order chi connectivity index (χ0) is 22.0. The molecule has 0 bridgehead atoms. The Hall–Kier alpha value is -3.12. The topological polar surface area (TPSA) is 44.2 Å². The highest BCUT2D eigenvalue weighted by Gasteiger charge is 2.16. The Morgan fingerprint density at radius 2 is 1.87 bits per heavy atom. The van der Waals surface area contributed by atoms with Gasteiger partial charge in [-0.1, -0.05) is 6.07 Å². The fourth-order valence-corrected chi connectivity index (χ4v) is 4.29. The van der Waals surface area contributed by atoms with Gasteiger partial charge in [0.15, 0.2) is 5.11 Å². The van der Waals surface area contributed by atoms with E-state index in [1.807, 2.05) is 19.1 Å². The molecule has 0 amide bonds. The van der Waals surface area contributed by atoms with Crippen molar-refractivity contribution in [2.45, 2.75) is 33.7 Å². The molecule has 4 nitrogen and oxygen atoms in total. The number of anilines is 1. The molecule has 4 rings (SSSR count). The van der Waals surface area contributed by atoms with Gasteiger partial charge in [-0.15, -0.1) is 0 Å². The smallest absolute Gasteiger partial charge is 0.173 e. The molecule has 0 atom stereocenters. The van der Waals surface area contributed by atoms with Crippen molar-refractivity contribution in [3.63, 3.8) is 0 Å². The number of aromatic amines is 1. The maximum Gasteiger partial charge on any atom is 0.173 e. The third kappa shape index (κ3) is 4.97. The SMILES string of the molecule is Cc1cc(C)cc(NC(=S)N(CCc2c(C)[nH]c3ccc(F)cc23)Cc2ccco2)c1. The Kier molecular flexibility index (Phi) is 6.09. The molecule has 0 unspecified atom stereocenters. The van der Waals surface area contributed by atoms with Gasteiger partial charge in [0.1, 0.15) is 11.6 Å². The summed E-state index contributed by atoms with van der Waals surface area (Å²) in [6, 6.07) is 15.0. The molecule has 0 aliphatic carbocycles. The lowest BCUT2D eigenvalue weighted by molar-refractivity contribution is 0.368. The molecule has 0 aliphatic heterocycles. The molecule has 0 spiro atoms. The van der Waals surface area contributed by atoms with Crippen LogP contribution in [-0.2, 0) is 13.0 Å². The highest BCUT2D eigenvalue weighted by atomic mass is 32.1. The second-order valence-electron chi connectivity index (χ2n) is 7.98. The maximum absolute atomic E-state index is 13.8. The van der Waals surface area contributed by atoms with E-state index in [1.54, 1.807) is 18.4 Å². The van der Waals surface area contributed by atoms with E-state index in [0.717, 1.165) is 40.0 Å². The molecule has 2 aromatic heterocycles. The van der Waals surface area contributed by atoms with E-state index in [9.17, 15) is 4.39 Å². The molecule has 0 aliphatic rings. The minimum absolute atomic E-state index is 0.229. The molecule has 0 saturated carbocycles. The van der Waals surface area contributed by atoms with Crippen LogP contribution in [0.4, 0.5) is 10.1 Å². The molecule has 4 aromatic rings. The first kappa shape index (κ1) is 21.1. The maximum atomic E-state index is 13.8. The molecular weight excluding hydrogens is 409 g/mol. The molecule has 0 saturated heterocycles. The number of nitrogens with zero attached hydrogens (tertiary/aromatic N) is 1. The van der Waals surface area contributed by atoms with Crippen molar-refractivity contribution in [3.8, 4) is 0 Å². The average Bonchev–Trinajstić information content (AvgIpc) is 3.31. The van der Waals surface area contributed by atoms with Crippen LogP contribution >= 0.6 is 12.2 Å². The first-order valence-corrected chi connectivity index (χ1v) is 10.7. The van der Waals surface area contributed by atoms with Crippen molar-refractivity contribution in [1.29, 1.82) is 0 Å². The first-order chi connectivity index (χ1) is 14.9. The summed E-state index contributed by atoms with van der Waals surface area (Å²) in [5.41, 5.74) is 6.43. The number of halogens is 1. The Labute approximate surface area is 187 Å². The van der Waals surface area contributed by atoms with E-state index in [0.29, 0.717) is 18.2 Å². The average molecular weight is 436 g/mol. The third-order valence-corrected chi connectivity index (χ3v) is 5.76. The number of H-pyrrole nitrogens is 1. The summed E-state index contributed by atoms with van der Waals surface area (Å²) in [5.74, 6) is 0.610. The highest BCUT2D eigenvalue weighted by molar-refractivity contribution is 7.80. The van der Waals surface area contributed by atoms with Gasteiger partial charge < -0.3 is 19.6 Å². The summed E-state index contributed by atoms with van der Waals surface area (Å²) in [6.07, 6.45) is 2.39. The van der Waals surface area contributed by atoms with Gasteiger partial charge in [0.25, 0.3) is 0 Å². The van der Waals surface area contributed by atoms with Gasteiger partial charge in [-0.3, -0.25) is 0 Å². The second kappa shape index (κ2) is 8.94. The van der Waals surface area contributed by atoms with Crippen molar-refractivity contribution in [3.05, 3.63) is 88.8 Å². The summed E-state index contributed by atoms with van der Waals surface area (Å²) in [4.78, 5) is 5.44. The number of benzene rings is 2. The van der Waals surface area contributed by atoms with Crippen molar-refractivity contribution in [2.75, 3.05) is 11.9 Å². The number of fused-ring (bicyclic) bond motifs is 1. The zero-order valence-corrected chi connectivity index (χ0v) is 18.8. The van der Waals surface area contributed by atoms with Gasteiger partial charge in [-0.25, -0.2) is 4.39 Å². The van der Waals surface area contributed by atoms with Crippen LogP contribution < -0.4 is 5.32 Å². The van der Waals surface area contributed by atoms with Gasteiger partial charge >= 0.3 is 0 Å². The van der Waals surface area contributed by atoms with Crippen LogP contribution in [0.3, 0.4) is 0 Å². The van der Waals surface area contributed by atoms with E-state index in [1.165, 1.54) is 17.2 Å². The van der Waals surface area contributed by atoms with Crippen LogP contribution in [-0.4, -0.2) is 21.5 Å². The molecule has 0 radical (unpaired) electrons. The monoisotopic (exact) mass is 435 g/mol. The Morgan fingerprint density at radius 3 is 2.58 bits per heavy atom. The van der Waals surface area contributed by atoms with Crippen LogP contribution in [0.15, 0.2) is 59.2 Å². The fraction of sp³-hybridized carbons (Fsp3) is 0.240. The van der Waals surface area contributed by atoms with Crippen molar-refractivity contribution >= 4 is 33.9 Å². The Bertz CT molecular complexity index is 1190. The standard InChI is InChI=1S/C25H26FN3OS/c1-16-11-17(2)13-20(12-16)28-25(31)29(15-21-5-4-10-30-21)9-8-22-18(3)27-24-7-6-19(26)14-23(22)24/h4-7,10-14,27H,8-9,15H2,1-3H3,(H,28,31). The van der Waals surface area contributed by atoms with E-state index < -0.39 is 0 Å². The number of furan rings is 1. The van der Waals surface area contributed by atoms with E-state index in [2.05, 4.69) is 47.2 Å². The van der Waals surface area contributed by atoms with Gasteiger partial charge in [0.05, 0.1) is 12.8 Å². The van der Waals surface area contributed by atoms with Crippen molar-refractivity contribution in [1.82, 2.24) is 9.88 Å². The summed E-state index contributed by atoms with van der Waals surface area (Å²) in [7, 11) is 0. The number of aromatic nitrogens is 1. The minimum Gasteiger partial charge on any atom is -0.467 e. The van der Waals surface area contributed by atoms with Gasteiger partial charge in [0.2, 0.25) is 0 Å².